The highest BCUT2D eigenvalue weighted by Gasteiger charge is 2.19. The second-order valence-corrected chi connectivity index (χ2v) is 4.05. The zero-order chi connectivity index (χ0) is 15.1. The van der Waals surface area contributed by atoms with E-state index in [2.05, 4.69) is 10.6 Å². The summed E-state index contributed by atoms with van der Waals surface area (Å²) in [6.45, 7) is -0.0347. The first-order chi connectivity index (χ1) is 9.53. The number of amides is 1. The zero-order valence-corrected chi connectivity index (χ0v) is 11.3. The summed E-state index contributed by atoms with van der Waals surface area (Å²) in [6, 6.07) is 3.61. The summed E-state index contributed by atoms with van der Waals surface area (Å²) < 4.78 is 4.89. The summed E-state index contributed by atoms with van der Waals surface area (Å²) in [4.78, 5) is 21.9. The summed E-state index contributed by atoms with van der Waals surface area (Å²) in [5, 5.41) is 25.4. The number of hydrogen-bond donors (Lipinski definition) is 3. The molecule has 0 heterocycles. The molecule has 0 radical (unpaired) electrons. The van der Waals surface area contributed by atoms with Crippen molar-refractivity contribution >= 4 is 17.3 Å². The number of methoxy groups -OCH3 is 1. The average molecular weight is 283 g/mol. The molecule has 0 aliphatic rings. The molecule has 1 unspecified atom stereocenters. The Kier molecular flexibility index (Phi) is 5.88. The van der Waals surface area contributed by atoms with Crippen molar-refractivity contribution in [2.45, 2.75) is 6.04 Å². The Hall–Kier alpha value is -2.19. The molecule has 1 rings (SSSR count). The number of aliphatic hydroxyl groups excluding tert-OH is 1. The van der Waals surface area contributed by atoms with Crippen LogP contribution in [-0.2, 0) is 4.74 Å². The molecule has 0 fully saturated rings. The Morgan fingerprint density at radius 1 is 1.55 bits per heavy atom. The van der Waals surface area contributed by atoms with Crippen molar-refractivity contribution < 1.29 is 19.6 Å². The standard InChI is InChI=1S/C12H17N3O5/c1-13-12(17)8-3-4-10(11(5-8)15(18)19)14-9(6-16)7-20-2/h3-5,9,14,16H,6-7H2,1-2H3,(H,13,17). The molecule has 8 nitrogen and oxygen atoms in total. The van der Waals surface area contributed by atoms with Crippen LogP contribution in [0.4, 0.5) is 11.4 Å². The fourth-order valence-electron chi connectivity index (χ4n) is 1.65. The molecular formula is C12H17N3O5. The van der Waals surface area contributed by atoms with Gasteiger partial charge in [0.05, 0.1) is 24.2 Å². The molecule has 0 aliphatic heterocycles. The van der Waals surface area contributed by atoms with Gasteiger partial charge in [0.2, 0.25) is 0 Å². The molecule has 1 aromatic rings. The summed E-state index contributed by atoms with van der Waals surface area (Å²) in [5.74, 6) is -0.407. The van der Waals surface area contributed by atoms with Crippen LogP contribution in [0, 0.1) is 10.1 Å². The number of carbonyl (C=O) groups excluding carboxylic acids is 1. The van der Waals surface area contributed by atoms with Crippen molar-refractivity contribution in [1.82, 2.24) is 5.32 Å². The molecule has 0 aromatic heterocycles. The van der Waals surface area contributed by atoms with Gasteiger partial charge in [-0.25, -0.2) is 0 Å². The van der Waals surface area contributed by atoms with Crippen LogP contribution in [0.5, 0.6) is 0 Å². The Morgan fingerprint density at radius 2 is 2.25 bits per heavy atom. The lowest BCUT2D eigenvalue weighted by atomic mass is 10.1. The van der Waals surface area contributed by atoms with Gasteiger partial charge in [0.15, 0.2) is 0 Å². The first-order valence-corrected chi connectivity index (χ1v) is 5.90. The summed E-state index contributed by atoms with van der Waals surface area (Å²) in [5.41, 5.74) is 0.177. The Morgan fingerprint density at radius 3 is 2.75 bits per heavy atom. The molecule has 0 saturated carbocycles. The SMILES string of the molecule is CNC(=O)c1ccc(NC(CO)COC)c([N+](=O)[O-])c1. The van der Waals surface area contributed by atoms with E-state index >= 15 is 0 Å². The smallest absolute Gasteiger partial charge is 0.293 e. The van der Waals surface area contributed by atoms with Crippen LogP contribution in [0.15, 0.2) is 18.2 Å². The van der Waals surface area contributed by atoms with Gasteiger partial charge in [-0.2, -0.15) is 0 Å². The van der Waals surface area contributed by atoms with E-state index in [0.29, 0.717) is 0 Å². The highest BCUT2D eigenvalue weighted by molar-refractivity contribution is 5.95. The van der Waals surface area contributed by atoms with E-state index in [4.69, 9.17) is 9.84 Å². The van der Waals surface area contributed by atoms with E-state index in [0.717, 1.165) is 0 Å². The van der Waals surface area contributed by atoms with Crippen molar-refractivity contribution in [3.63, 3.8) is 0 Å². The largest absolute Gasteiger partial charge is 0.394 e. The number of anilines is 1. The third-order valence-electron chi connectivity index (χ3n) is 2.63. The first kappa shape index (κ1) is 15.9. The number of nitro benzene ring substituents is 1. The van der Waals surface area contributed by atoms with Gasteiger partial charge in [0.1, 0.15) is 5.69 Å². The van der Waals surface area contributed by atoms with Crippen LogP contribution in [0.25, 0.3) is 0 Å². The fraction of sp³-hybridized carbons (Fsp3) is 0.417. The number of hydrogen-bond acceptors (Lipinski definition) is 6. The van der Waals surface area contributed by atoms with Gasteiger partial charge in [-0.3, -0.25) is 14.9 Å². The third-order valence-corrected chi connectivity index (χ3v) is 2.63. The molecule has 0 spiro atoms. The molecule has 1 amide bonds. The average Bonchev–Trinajstić information content (AvgIpc) is 2.45. The van der Waals surface area contributed by atoms with Crippen LogP contribution in [-0.4, -0.2) is 49.4 Å². The molecule has 0 aliphatic carbocycles. The first-order valence-electron chi connectivity index (χ1n) is 5.90. The van der Waals surface area contributed by atoms with Crippen molar-refractivity contribution in [2.75, 3.05) is 32.7 Å². The topological polar surface area (TPSA) is 114 Å². The van der Waals surface area contributed by atoms with Crippen LogP contribution in [0.1, 0.15) is 10.4 Å². The van der Waals surface area contributed by atoms with E-state index in [-0.39, 0.29) is 30.2 Å². The van der Waals surface area contributed by atoms with Crippen molar-refractivity contribution in [3.8, 4) is 0 Å². The van der Waals surface area contributed by atoms with Crippen LogP contribution in [0.3, 0.4) is 0 Å². The number of nitro groups is 1. The lowest BCUT2D eigenvalue weighted by molar-refractivity contribution is -0.384. The lowest BCUT2D eigenvalue weighted by Crippen LogP contribution is -2.29. The van der Waals surface area contributed by atoms with Crippen LogP contribution in [0.2, 0.25) is 0 Å². The third kappa shape index (κ3) is 3.90. The maximum atomic E-state index is 11.5. The van der Waals surface area contributed by atoms with Crippen molar-refractivity contribution in [3.05, 3.63) is 33.9 Å². The lowest BCUT2D eigenvalue weighted by Gasteiger charge is -2.16. The number of benzene rings is 1. The van der Waals surface area contributed by atoms with Gasteiger partial charge in [-0.15, -0.1) is 0 Å². The maximum absolute atomic E-state index is 11.5. The molecular weight excluding hydrogens is 266 g/mol. The summed E-state index contributed by atoms with van der Waals surface area (Å²) in [7, 11) is 2.91. The second-order valence-electron chi connectivity index (χ2n) is 4.05. The van der Waals surface area contributed by atoms with Crippen molar-refractivity contribution in [2.24, 2.45) is 0 Å². The number of carbonyl (C=O) groups is 1. The normalized spacial score (nSPS) is 11.8. The second kappa shape index (κ2) is 7.41. The number of aliphatic hydroxyl groups is 1. The Balaban J connectivity index is 3.07. The predicted molar refractivity (Wildman–Crippen MR) is 72.9 cm³/mol. The predicted octanol–water partition coefficient (Wildman–Crippen LogP) is 0.374. The number of nitrogens with zero attached hydrogens (tertiary/aromatic N) is 1. The van der Waals surface area contributed by atoms with Gasteiger partial charge in [0.25, 0.3) is 11.6 Å². The minimum Gasteiger partial charge on any atom is -0.394 e. The number of ether oxygens (including phenoxy) is 1. The van der Waals surface area contributed by atoms with Crippen LogP contribution >= 0.6 is 0 Å². The monoisotopic (exact) mass is 283 g/mol. The number of nitrogens with one attached hydrogen (secondary N) is 2. The quantitative estimate of drug-likeness (QED) is 0.492. The molecule has 8 heteroatoms. The molecule has 1 atom stereocenters. The Labute approximate surface area is 115 Å². The highest BCUT2D eigenvalue weighted by Crippen LogP contribution is 2.26. The Bertz CT molecular complexity index is 492. The molecule has 0 saturated heterocycles. The molecule has 110 valence electrons. The number of rotatable bonds is 7. The maximum Gasteiger partial charge on any atom is 0.293 e. The zero-order valence-electron chi connectivity index (χ0n) is 11.3. The van der Waals surface area contributed by atoms with Gasteiger partial charge in [-0.1, -0.05) is 0 Å². The van der Waals surface area contributed by atoms with Crippen LogP contribution < -0.4 is 10.6 Å². The van der Waals surface area contributed by atoms with E-state index in [1.54, 1.807) is 0 Å². The van der Waals surface area contributed by atoms with E-state index in [1.165, 1.54) is 32.4 Å². The van der Waals surface area contributed by atoms with Gasteiger partial charge < -0.3 is 20.5 Å². The van der Waals surface area contributed by atoms with Gasteiger partial charge in [-0.05, 0) is 12.1 Å². The van der Waals surface area contributed by atoms with Crippen molar-refractivity contribution in [1.29, 1.82) is 0 Å². The molecule has 20 heavy (non-hydrogen) atoms. The van der Waals surface area contributed by atoms with Gasteiger partial charge in [0, 0.05) is 25.8 Å². The molecule has 0 bridgehead atoms. The summed E-state index contributed by atoms with van der Waals surface area (Å²) >= 11 is 0. The van der Waals surface area contributed by atoms with E-state index < -0.39 is 16.9 Å². The highest BCUT2D eigenvalue weighted by atomic mass is 16.6. The van der Waals surface area contributed by atoms with Gasteiger partial charge >= 0.3 is 0 Å². The minimum absolute atomic E-state index is 0.192. The molecule has 1 aromatic carbocycles. The molecule has 3 N–H and O–H groups in total. The van der Waals surface area contributed by atoms with E-state index in [1.807, 2.05) is 0 Å². The summed E-state index contributed by atoms with van der Waals surface area (Å²) in [6.07, 6.45) is 0. The fourth-order valence-corrected chi connectivity index (χ4v) is 1.65. The minimum atomic E-state index is -0.587. The van der Waals surface area contributed by atoms with E-state index in [9.17, 15) is 14.9 Å².